The number of nitrogens with zero attached hydrogens (tertiary/aromatic N) is 3. The number of carbonyl (C=O) groups excluding carboxylic acids is 2. The number of hydrogen-bond acceptors (Lipinski definition) is 6. The number of aromatic amines is 1. The average Bonchev–Trinajstić information content (AvgIpc) is 3.37. The second-order valence-corrected chi connectivity index (χ2v) is 9.22. The summed E-state index contributed by atoms with van der Waals surface area (Å²) >= 11 is 6.00. The summed E-state index contributed by atoms with van der Waals surface area (Å²) in [5.74, 6) is -1.26. The topological polar surface area (TPSA) is 111 Å². The summed E-state index contributed by atoms with van der Waals surface area (Å²) < 4.78 is 20.2. The molecule has 3 aromatic carbocycles. The quantitative estimate of drug-likeness (QED) is 0.347. The van der Waals surface area contributed by atoms with Gasteiger partial charge in [0.25, 0.3) is 5.91 Å². The molecule has 4 aromatic rings. The van der Waals surface area contributed by atoms with Gasteiger partial charge in [0.15, 0.2) is 11.5 Å². The molecule has 0 fully saturated rings. The van der Waals surface area contributed by atoms with E-state index in [-0.39, 0.29) is 34.4 Å². The van der Waals surface area contributed by atoms with Crippen molar-refractivity contribution >= 4 is 46.3 Å². The van der Waals surface area contributed by atoms with E-state index in [4.69, 9.17) is 16.3 Å². The van der Waals surface area contributed by atoms with Gasteiger partial charge in [-0.3, -0.25) is 15.0 Å². The van der Waals surface area contributed by atoms with E-state index in [1.54, 1.807) is 42.5 Å². The number of halogens is 2. The van der Waals surface area contributed by atoms with Crippen molar-refractivity contribution < 1.29 is 23.8 Å². The monoisotopic (exact) mass is 523 g/mol. The van der Waals surface area contributed by atoms with Crippen molar-refractivity contribution in [3.63, 3.8) is 0 Å². The molecule has 9 nitrogen and oxygen atoms in total. The number of H-pyrrole nitrogens is 1. The van der Waals surface area contributed by atoms with Crippen LogP contribution in [0.3, 0.4) is 0 Å². The van der Waals surface area contributed by atoms with Crippen molar-refractivity contribution in [2.45, 2.75) is 5.72 Å². The minimum Gasteiger partial charge on any atom is -0.448 e. The Kier molecular flexibility index (Phi) is 6.32. The van der Waals surface area contributed by atoms with E-state index in [1.807, 2.05) is 19.0 Å². The third-order valence-corrected chi connectivity index (χ3v) is 6.40. The van der Waals surface area contributed by atoms with Crippen LogP contribution in [0.25, 0.3) is 11.0 Å². The van der Waals surface area contributed by atoms with Crippen LogP contribution in [0.15, 0.2) is 60.7 Å². The number of imidazole rings is 1. The molecule has 0 saturated carbocycles. The van der Waals surface area contributed by atoms with E-state index < -0.39 is 23.5 Å². The van der Waals surface area contributed by atoms with Gasteiger partial charge in [-0.25, -0.2) is 14.2 Å². The first-order valence-electron chi connectivity index (χ1n) is 11.4. The predicted octanol–water partition coefficient (Wildman–Crippen LogP) is 4.32. The first kappa shape index (κ1) is 24.7. The van der Waals surface area contributed by atoms with E-state index in [9.17, 15) is 14.7 Å². The fourth-order valence-corrected chi connectivity index (χ4v) is 4.50. The van der Waals surface area contributed by atoms with Gasteiger partial charge in [-0.15, -0.1) is 0 Å². The highest BCUT2D eigenvalue weighted by molar-refractivity contribution is 6.31. The maximum atomic E-state index is 15.1. The molecule has 5 rings (SSSR count). The summed E-state index contributed by atoms with van der Waals surface area (Å²) in [6, 6.07) is 15.6. The molecule has 0 spiro atoms. The van der Waals surface area contributed by atoms with Crippen LogP contribution in [0.4, 0.5) is 20.8 Å². The number of nitrogens with one attached hydrogen (secondary N) is 2. The average molecular weight is 524 g/mol. The fraction of sp³-hybridized carbons (Fsp3) is 0.192. The van der Waals surface area contributed by atoms with Crippen molar-refractivity contribution in [3.8, 4) is 0 Å². The number of benzene rings is 3. The molecule has 1 aliphatic rings. The van der Waals surface area contributed by atoms with Gasteiger partial charge in [-0.1, -0.05) is 41.9 Å². The van der Waals surface area contributed by atoms with Crippen molar-refractivity contribution in [3.05, 3.63) is 88.2 Å². The van der Waals surface area contributed by atoms with E-state index in [1.165, 1.54) is 18.2 Å². The lowest BCUT2D eigenvalue weighted by molar-refractivity contribution is 0.0699. The third-order valence-electron chi connectivity index (χ3n) is 6.11. The van der Waals surface area contributed by atoms with Crippen LogP contribution in [0, 0.1) is 5.82 Å². The van der Waals surface area contributed by atoms with Crippen LogP contribution in [-0.2, 0) is 10.5 Å². The molecule has 1 aromatic heterocycles. The van der Waals surface area contributed by atoms with Crippen LogP contribution < -0.4 is 10.2 Å². The highest BCUT2D eigenvalue weighted by atomic mass is 35.5. The lowest BCUT2D eigenvalue weighted by atomic mass is 9.93. The molecule has 1 unspecified atom stereocenters. The van der Waals surface area contributed by atoms with E-state index in [0.29, 0.717) is 23.1 Å². The summed E-state index contributed by atoms with van der Waals surface area (Å²) in [6.45, 7) is 0.777. The van der Waals surface area contributed by atoms with Gasteiger partial charge in [-0.05, 0) is 44.4 Å². The number of hydrogen-bond donors (Lipinski definition) is 3. The van der Waals surface area contributed by atoms with E-state index in [2.05, 4.69) is 15.3 Å². The van der Waals surface area contributed by atoms with Crippen molar-refractivity contribution in [1.82, 2.24) is 14.9 Å². The summed E-state index contributed by atoms with van der Waals surface area (Å²) in [6.07, 6.45) is -0.669. The fourth-order valence-electron chi connectivity index (χ4n) is 4.33. The molecular formula is C26H23ClFN5O4. The van der Waals surface area contributed by atoms with Crippen molar-refractivity contribution in [1.29, 1.82) is 0 Å². The van der Waals surface area contributed by atoms with Crippen LogP contribution in [-0.4, -0.2) is 59.2 Å². The number of rotatable bonds is 6. The Bertz CT molecular complexity index is 1520. The van der Waals surface area contributed by atoms with Gasteiger partial charge >= 0.3 is 6.09 Å². The number of likely N-dealkylation sites (N-methyl/N-ethyl adjacent to an activating group) is 1. The second-order valence-electron chi connectivity index (χ2n) is 8.81. The normalized spacial score (nSPS) is 16.9. The molecule has 190 valence electrons. The highest BCUT2D eigenvalue weighted by Gasteiger charge is 2.51. The standard InChI is InChI=1S/C26H23ClFN5O4/c1-32(2)12-13-37-25(35)31-24-29-19-11-10-15(14-20(19)30-24)26(36)17-7-4-3-6-16(17)23(34)33(26)21-9-5-8-18(27)22(21)28/h3-11,14,36H,12-13H2,1-2H3,(H2,29,30,31,35). The number of fused-ring (bicyclic) bond motifs is 2. The lowest BCUT2D eigenvalue weighted by Gasteiger charge is -2.35. The van der Waals surface area contributed by atoms with E-state index >= 15 is 4.39 Å². The van der Waals surface area contributed by atoms with Crippen LogP contribution in [0.1, 0.15) is 21.5 Å². The largest absolute Gasteiger partial charge is 0.448 e. The number of anilines is 2. The zero-order valence-corrected chi connectivity index (χ0v) is 20.7. The molecule has 0 saturated heterocycles. The Morgan fingerprint density at radius 2 is 2.00 bits per heavy atom. The maximum absolute atomic E-state index is 15.1. The molecule has 2 amide bonds. The summed E-state index contributed by atoms with van der Waals surface area (Å²) in [7, 11) is 3.73. The molecule has 0 radical (unpaired) electrons. The molecule has 2 heterocycles. The van der Waals surface area contributed by atoms with Crippen LogP contribution in [0.5, 0.6) is 0 Å². The Morgan fingerprint density at radius 3 is 2.78 bits per heavy atom. The van der Waals surface area contributed by atoms with Gasteiger partial charge < -0.3 is 19.7 Å². The van der Waals surface area contributed by atoms with Gasteiger partial charge in [-0.2, -0.15) is 0 Å². The zero-order valence-electron chi connectivity index (χ0n) is 20.0. The SMILES string of the molecule is CN(C)CCOC(=O)Nc1nc2ccc(C3(O)c4ccccc4C(=O)N3c3cccc(Cl)c3F)cc2[nH]1. The minimum absolute atomic E-state index is 0.148. The highest BCUT2D eigenvalue weighted by Crippen LogP contribution is 2.46. The van der Waals surface area contributed by atoms with Crippen LogP contribution in [0.2, 0.25) is 5.02 Å². The van der Waals surface area contributed by atoms with Gasteiger partial charge in [0, 0.05) is 23.2 Å². The smallest absolute Gasteiger partial charge is 0.414 e. The Labute approximate surface area is 216 Å². The Balaban J connectivity index is 1.54. The summed E-state index contributed by atoms with van der Waals surface area (Å²) in [5, 5.41) is 14.5. The summed E-state index contributed by atoms with van der Waals surface area (Å²) in [4.78, 5) is 35.7. The molecule has 37 heavy (non-hydrogen) atoms. The molecule has 0 aliphatic carbocycles. The molecule has 1 aliphatic heterocycles. The summed E-state index contributed by atoms with van der Waals surface area (Å²) in [5.41, 5.74) is -0.438. The number of aliphatic hydroxyl groups is 1. The van der Waals surface area contributed by atoms with Crippen LogP contribution >= 0.6 is 11.6 Å². The number of carbonyl (C=O) groups is 2. The van der Waals surface area contributed by atoms with Gasteiger partial charge in [0.05, 0.1) is 21.7 Å². The molecule has 0 bridgehead atoms. The van der Waals surface area contributed by atoms with Crippen molar-refractivity contribution in [2.75, 3.05) is 37.5 Å². The molecular weight excluding hydrogens is 501 g/mol. The number of aromatic nitrogens is 2. The van der Waals surface area contributed by atoms with Crippen molar-refractivity contribution in [2.24, 2.45) is 0 Å². The minimum atomic E-state index is -2.04. The Morgan fingerprint density at radius 1 is 1.22 bits per heavy atom. The van der Waals surface area contributed by atoms with Gasteiger partial charge in [0.1, 0.15) is 6.61 Å². The lowest BCUT2D eigenvalue weighted by Crippen LogP contribution is -2.45. The third kappa shape index (κ3) is 4.29. The Hall–Kier alpha value is -3.99. The molecule has 3 N–H and O–H groups in total. The second kappa shape index (κ2) is 9.47. The molecule has 1 atom stereocenters. The van der Waals surface area contributed by atoms with E-state index in [0.717, 1.165) is 4.90 Å². The predicted molar refractivity (Wildman–Crippen MR) is 137 cm³/mol. The van der Waals surface area contributed by atoms with Gasteiger partial charge in [0.2, 0.25) is 5.95 Å². The molecule has 11 heteroatoms. The first-order chi connectivity index (χ1) is 17.7. The maximum Gasteiger partial charge on any atom is 0.414 e. The number of ether oxygens (including phenoxy) is 1. The first-order valence-corrected chi connectivity index (χ1v) is 11.8. The number of amides is 2. The zero-order chi connectivity index (χ0) is 26.3.